The van der Waals surface area contributed by atoms with Gasteiger partial charge in [0.25, 0.3) is 0 Å². The van der Waals surface area contributed by atoms with Gasteiger partial charge in [-0.25, -0.2) is 9.18 Å². The summed E-state index contributed by atoms with van der Waals surface area (Å²) in [6.45, 7) is 6.73. The van der Waals surface area contributed by atoms with Crippen LogP contribution < -0.4 is 20.3 Å². The molecule has 0 saturated carbocycles. The maximum atomic E-state index is 14.4. The van der Waals surface area contributed by atoms with E-state index in [2.05, 4.69) is 39.6 Å². The predicted molar refractivity (Wildman–Crippen MR) is 150 cm³/mol. The minimum absolute atomic E-state index is 0.159. The fourth-order valence-corrected chi connectivity index (χ4v) is 5.52. The average Bonchev–Trinajstić information content (AvgIpc) is 3.38. The molecule has 10 heteroatoms. The van der Waals surface area contributed by atoms with Crippen molar-refractivity contribution in [3.05, 3.63) is 83.6 Å². The molecule has 1 aliphatic heterocycles. The molecule has 1 fully saturated rings. The zero-order valence-corrected chi connectivity index (χ0v) is 22.6. The van der Waals surface area contributed by atoms with Crippen LogP contribution in [0.3, 0.4) is 0 Å². The molecular weight excluding hydrogens is 511 g/mol. The summed E-state index contributed by atoms with van der Waals surface area (Å²) in [5.41, 5.74) is 3.97. The number of fused-ring (bicyclic) bond motifs is 2. The fraction of sp³-hybridized carbons (Fsp3) is 0.367. The first-order chi connectivity index (χ1) is 19.4. The van der Waals surface area contributed by atoms with E-state index in [0.29, 0.717) is 38.4 Å². The first kappa shape index (κ1) is 26.1. The smallest absolute Gasteiger partial charge is 0.319 e. The number of hydrogen-bond donors (Lipinski definition) is 2. The predicted octanol–water partition coefficient (Wildman–Crippen LogP) is 5.61. The van der Waals surface area contributed by atoms with Gasteiger partial charge in [-0.15, -0.1) is 10.2 Å². The normalized spacial score (nSPS) is 18.9. The number of nitrogens with zero attached hydrogens (tertiary/aromatic N) is 4. The molecule has 0 spiro atoms. The van der Waals surface area contributed by atoms with Gasteiger partial charge in [-0.2, -0.15) is 0 Å². The lowest BCUT2D eigenvalue weighted by molar-refractivity contribution is 0.122. The highest BCUT2D eigenvalue weighted by atomic mass is 19.1. The van der Waals surface area contributed by atoms with Gasteiger partial charge >= 0.3 is 6.03 Å². The van der Waals surface area contributed by atoms with E-state index in [1.165, 1.54) is 12.1 Å². The quantitative estimate of drug-likeness (QED) is 0.328. The van der Waals surface area contributed by atoms with Crippen LogP contribution in [0, 0.1) is 5.82 Å². The van der Waals surface area contributed by atoms with Crippen LogP contribution in [0.15, 0.2) is 60.8 Å². The van der Waals surface area contributed by atoms with Crippen molar-refractivity contribution in [2.75, 3.05) is 36.5 Å². The Labute approximate surface area is 232 Å². The lowest BCUT2D eigenvalue weighted by atomic mass is 9.85. The molecule has 0 radical (unpaired) electrons. The number of amides is 2. The highest BCUT2D eigenvalue weighted by molar-refractivity contribution is 5.90. The number of urea groups is 1. The molecule has 40 heavy (non-hydrogen) atoms. The van der Waals surface area contributed by atoms with Crippen molar-refractivity contribution in [2.45, 2.75) is 44.8 Å². The van der Waals surface area contributed by atoms with Crippen molar-refractivity contribution in [3.63, 3.8) is 0 Å². The molecule has 208 valence electrons. The van der Waals surface area contributed by atoms with Gasteiger partial charge in [-0.3, -0.25) is 4.40 Å². The Balaban J connectivity index is 1.16. The summed E-state index contributed by atoms with van der Waals surface area (Å²) >= 11 is 0. The molecule has 4 aromatic rings. The number of hydrogen-bond acceptors (Lipinski definition) is 6. The van der Waals surface area contributed by atoms with E-state index in [0.717, 1.165) is 40.5 Å². The zero-order chi connectivity index (χ0) is 27.6. The van der Waals surface area contributed by atoms with E-state index < -0.39 is 5.82 Å². The standard InChI is InChI=1S/C30H33FN6O3/c1-19(2)29-35-34-28-10-7-23(18-37(28)29)40-27-9-8-26(24-5-3-4-6-25(24)27)33-30(38)32-21-15-20(31)16-22(17-21)36-11-13-39-14-12-36/h3-7,10,15-19,26-27H,8-9,11-14H2,1-2H3,(H2,32,33,38). The fourth-order valence-electron chi connectivity index (χ4n) is 5.52. The number of pyridine rings is 1. The SMILES string of the molecule is CC(C)c1nnc2ccc(OC3CCC(NC(=O)Nc4cc(F)cc(N5CCOCC5)c4)c4ccccc43)cn12. The molecule has 2 aliphatic rings. The lowest BCUT2D eigenvalue weighted by Crippen LogP contribution is -2.37. The van der Waals surface area contributed by atoms with Crippen LogP contribution in [0.25, 0.3) is 5.65 Å². The van der Waals surface area contributed by atoms with Crippen molar-refractivity contribution in [2.24, 2.45) is 0 Å². The Bertz CT molecular complexity index is 1520. The zero-order valence-electron chi connectivity index (χ0n) is 22.6. The molecule has 2 N–H and O–H groups in total. The number of morpholine rings is 1. The molecular formula is C30H33FN6O3. The van der Waals surface area contributed by atoms with E-state index in [1.807, 2.05) is 47.0 Å². The number of rotatable bonds is 6. The second kappa shape index (κ2) is 11.1. The highest BCUT2D eigenvalue weighted by Crippen LogP contribution is 2.39. The highest BCUT2D eigenvalue weighted by Gasteiger charge is 2.29. The van der Waals surface area contributed by atoms with E-state index in [1.54, 1.807) is 6.07 Å². The molecule has 1 saturated heterocycles. The third-order valence-electron chi connectivity index (χ3n) is 7.45. The van der Waals surface area contributed by atoms with Crippen LogP contribution in [0.4, 0.5) is 20.6 Å². The Hall–Kier alpha value is -4.18. The van der Waals surface area contributed by atoms with Gasteiger partial charge in [0.15, 0.2) is 5.65 Å². The summed E-state index contributed by atoms with van der Waals surface area (Å²) in [6.07, 6.45) is 3.20. The van der Waals surface area contributed by atoms with Crippen LogP contribution in [0.5, 0.6) is 5.75 Å². The van der Waals surface area contributed by atoms with E-state index in [-0.39, 0.29) is 24.1 Å². The summed E-state index contributed by atoms with van der Waals surface area (Å²) in [5.74, 6) is 1.46. The van der Waals surface area contributed by atoms with Crippen LogP contribution >= 0.6 is 0 Å². The number of ether oxygens (including phenoxy) is 2. The van der Waals surface area contributed by atoms with E-state index in [4.69, 9.17) is 9.47 Å². The number of carbonyl (C=O) groups is 1. The average molecular weight is 545 g/mol. The lowest BCUT2D eigenvalue weighted by Gasteiger charge is -2.32. The summed E-state index contributed by atoms with van der Waals surface area (Å²) in [5, 5.41) is 14.5. The van der Waals surface area contributed by atoms with Crippen LogP contribution in [0.2, 0.25) is 0 Å². The Morgan fingerprint density at radius 2 is 1.85 bits per heavy atom. The number of benzene rings is 2. The minimum Gasteiger partial charge on any atom is -0.484 e. The first-order valence-corrected chi connectivity index (χ1v) is 13.8. The maximum absolute atomic E-state index is 14.4. The summed E-state index contributed by atoms with van der Waals surface area (Å²) in [4.78, 5) is 15.1. The maximum Gasteiger partial charge on any atom is 0.319 e. The molecule has 2 atom stereocenters. The number of anilines is 2. The van der Waals surface area contributed by atoms with Gasteiger partial charge < -0.3 is 25.0 Å². The van der Waals surface area contributed by atoms with Crippen molar-refractivity contribution in [1.29, 1.82) is 0 Å². The molecule has 6 rings (SSSR count). The molecule has 2 amide bonds. The van der Waals surface area contributed by atoms with Gasteiger partial charge in [0.05, 0.1) is 25.5 Å². The number of carbonyl (C=O) groups excluding carboxylic acids is 1. The van der Waals surface area contributed by atoms with Crippen molar-refractivity contribution < 1.29 is 18.7 Å². The molecule has 1 aliphatic carbocycles. The van der Waals surface area contributed by atoms with Gasteiger partial charge in [0.1, 0.15) is 23.5 Å². The van der Waals surface area contributed by atoms with Gasteiger partial charge in [0.2, 0.25) is 0 Å². The van der Waals surface area contributed by atoms with Crippen LogP contribution in [-0.2, 0) is 4.74 Å². The topological polar surface area (TPSA) is 93.0 Å². The largest absolute Gasteiger partial charge is 0.484 e. The molecule has 9 nitrogen and oxygen atoms in total. The molecule has 2 aromatic carbocycles. The Morgan fingerprint density at radius 3 is 2.65 bits per heavy atom. The van der Waals surface area contributed by atoms with Crippen molar-refractivity contribution in [3.8, 4) is 5.75 Å². The summed E-state index contributed by atoms with van der Waals surface area (Å²) in [7, 11) is 0. The summed E-state index contributed by atoms with van der Waals surface area (Å²) in [6, 6.07) is 15.9. The molecule has 3 heterocycles. The number of halogens is 1. The Morgan fingerprint density at radius 1 is 1.05 bits per heavy atom. The third kappa shape index (κ3) is 5.44. The minimum atomic E-state index is -0.396. The first-order valence-electron chi connectivity index (χ1n) is 13.8. The number of aromatic nitrogens is 3. The van der Waals surface area contributed by atoms with Crippen LogP contribution in [0.1, 0.15) is 61.7 Å². The van der Waals surface area contributed by atoms with Crippen LogP contribution in [-0.4, -0.2) is 46.9 Å². The van der Waals surface area contributed by atoms with Crippen molar-refractivity contribution in [1.82, 2.24) is 19.9 Å². The van der Waals surface area contributed by atoms with Gasteiger partial charge in [-0.05, 0) is 54.3 Å². The monoisotopic (exact) mass is 544 g/mol. The molecule has 2 unspecified atom stereocenters. The van der Waals surface area contributed by atoms with Gasteiger partial charge in [0, 0.05) is 30.4 Å². The van der Waals surface area contributed by atoms with Crippen molar-refractivity contribution >= 4 is 23.1 Å². The Kier molecular flexibility index (Phi) is 7.25. The third-order valence-corrected chi connectivity index (χ3v) is 7.45. The summed E-state index contributed by atoms with van der Waals surface area (Å²) < 4.78 is 28.2. The number of nitrogens with one attached hydrogen (secondary N) is 2. The van der Waals surface area contributed by atoms with E-state index >= 15 is 0 Å². The second-order valence-corrected chi connectivity index (χ2v) is 10.6. The molecule has 0 bridgehead atoms. The van der Waals surface area contributed by atoms with E-state index in [9.17, 15) is 9.18 Å². The van der Waals surface area contributed by atoms with Gasteiger partial charge in [-0.1, -0.05) is 38.1 Å². The second-order valence-electron chi connectivity index (χ2n) is 10.6. The molecule has 2 aromatic heterocycles.